The second-order valence-corrected chi connectivity index (χ2v) is 3.16. The molecule has 0 heterocycles. The van der Waals surface area contributed by atoms with Crippen molar-refractivity contribution in [2.45, 2.75) is 6.67 Å². The van der Waals surface area contributed by atoms with Gasteiger partial charge in [-0.3, -0.25) is 0 Å². The van der Waals surface area contributed by atoms with Crippen molar-refractivity contribution in [1.82, 2.24) is 0 Å². The topological polar surface area (TPSA) is 0 Å². The molecular weight excluding hydrogens is 218 g/mol. The van der Waals surface area contributed by atoms with Gasteiger partial charge in [0.2, 0.25) is 0 Å². The molecule has 1 aromatic carbocycles. The molecule has 0 aliphatic heterocycles. The second kappa shape index (κ2) is 3.35. The minimum atomic E-state index is -0.461. The van der Waals surface area contributed by atoms with Gasteiger partial charge in [-0.25, -0.2) is 4.39 Å². The number of hydrogen-bond acceptors (Lipinski definition) is 0. The van der Waals surface area contributed by atoms with Crippen LogP contribution in [0.4, 0.5) is 4.39 Å². The normalized spacial score (nSPS) is 9.90. The zero-order valence-electron chi connectivity index (χ0n) is 5.07. The van der Waals surface area contributed by atoms with Gasteiger partial charge in [0, 0.05) is 9.50 Å². The highest BCUT2D eigenvalue weighted by Crippen LogP contribution is 2.21. The second-order valence-electron chi connectivity index (χ2n) is 1.87. The van der Waals surface area contributed by atoms with E-state index in [0.29, 0.717) is 10.6 Å². The van der Waals surface area contributed by atoms with Gasteiger partial charge in [0.1, 0.15) is 6.67 Å². The molecule has 0 amide bonds. The molecule has 0 atom stereocenters. The summed E-state index contributed by atoms with van der Waals surface area (Å²) >= 11 is 8.80. The molecule has 0 aromatic heterocycles. The first-order valence-corrected chi connectivity index (χ1v) is 3.91. The fourth-order valence-corrected chi connectivity index (χ4v) is 1.42. The molecule has 0 aliphatic rings. The first-order valence-electron chi connectivity index (χ1n) is 2.74. The maximum absolute atomic E-state index is 12.0. The Balaban J connectivity index is 3.07. The average molecular weight is 223 g/mol. The Morgan fingerprint density at radius 1 is 1.50 bits per heavy atom. The molecule has 1 aromatic rings. The molecule has 10 heavy (non-hydrogen) atoms. The van der Waals surface area contributed by atoms with Gasteiger partial charge in [0.15, 0.2) is 0 Å². The van der Waals surface area contributed by atoms with Crippen molar-refractivity contribution in [3.05, 3.63) is 33.3 Å². The van der Waals surface area contributed by atoms with E-state index in [9.17, 15) is 4.39 Å². The SMILES string of the molecule is FCc1ccc(Cl)cc1Br. The lowest BCUT2D eigenvalue weighted by Gasteiger charge is -1.97. The van der Waals surface area contributed by atoms with Crippen LogP contribution in [0.3, 0.4) is 0 Å². The number of rotatable bonds is 1. The highest BCUT2D eigenvalue weighted by Gasteiger charge is 1.97. The molecule has 0 saturated heterocycles. The summed E-state index contributed by atoms with van der Waals surface area (Å²) in [5.41, 5.74) is 0.629. The van der Waals surface area contributed by atoms with Gasteiger partial charge in [-0.1, -0.05) is 33.6 Å². The predicted molar refractivity (Wildman–Crippen MR) is 44.0 cm³/mol. The summed E-state index contributed by atoms with van der Waals surface area (Å²) in [4.78, 5) is 0. The summed E-state index contributed by atoms with van der Waals surface area (Å²) in [7, 11) is 0. The van der Waals surface area contributed by atoms with Crippen LogP contribution in [0.15, 0.2) is 22.7 Å². The van der Waals surface area contributed by atoms with E-state index in [-0.39, 0.29) is 0 Å². The zero-order valence-corrected chi connectivity index (χ0v) is 7.41. The Bertz CT molecular complexity index is 237. The molecule has 0 bridgehead atoms. The van der Waals surface area contributed by atoms with E-state index in [4.69, 9.17) is 11.6 Å². The van der Waals surface area contributed by atoms with Crippen LogP contribution in [0.2, 0.25) is 5.02 Å². The molecule has 0 unspecified atom stereocenters. The number of halogens is 3. The van der Waals surface area contributed by atoms with Crippen LogP contribution in [0, 0.1) is 0 Å². The van der Waals surface area contributed by atoms with E-state index in [1.165, 1.54) is 0 Å². The van der Waals surface area contributed by atoms with E-state index < -0.39 is 6.67 Å². The maximum Gasteiger partial charge on any atom is 0.116 e. The van der Waals surface area contributed by atoms with Gasteiger partial charge < -0.3 is 0 Å². The first-order chi connectivity index (χ1) is 4.74. The quantitative estimate of drug-likeness (QED) is 0.683. The fourth-order valence-electron chi connectivity index (χ4n) is 0.630. The Hall–Kier alpha value is -0.0800. The summed E-state index contributed by atoms with van der Waals surface area (Å²) in [6.45, 7) is -0.461. The lowest BCUT2D eigenvalue weighted by atomic mass is 10.2. The number of alkyl halides is 1. The molecule has 54 valence electrons. The van der Waals surface area contributed by atoms with Crippen LogP contribution in [0.5, 0.6) is 0 Å². The Morgan fingerprint density at radius 2 is 2.20 bits per heavy atom. The predicted octanol–water partition coefficient (Wildman–Crippen LogP) is 3.57. The van der Waals surface area contributed by atoms with E-state index in [1.807, 2.05) is 0 Å². The summed E-state index contributed by atoms with van der Waals surface area (Å²) in [5, 5.41) is 0.615. The van der Waals surface area contributed by atoms with Crippen LogP contribution >= 0.6 is 27.5 Å². The van der Waals surface area contributed by atoms with Crippen LogP contribution in [0.1, 0.15) is 5.56 Å². The molecule has 3 heteroatoms. The molecule has 0 saturated carbocycles. The average Bonchev–Trinajstić information content (AvgIpc) is 1.88. The maximum atomic E-state index is 12.0. The summed E-state index contributed by atoms with van der Waals surface area (Å²) < 4.78 is 12.8. The molecule has 0 radical (unpaired) electrons. The minimum absolute atomic E-state index is 0.461. The lowest BCUT2D eigenvalue weighted by Crippen LogP contribution is -1.79. The van der Waals surface area contributed by atoms with Crippen molar-refractivity contribution >= 4 is 27.5 Å². The Morgan fingerprint density at radius 3 is 2.70 bits per heavy atom. The van der Waals surface area contributed by atoms with Gasteiger partial charge in [0.25, 0.3) is 0 Å². The van der Waals surface area contributed by atoms with E-state index in [0.717, 1.165) is 4.47 Å². The van der Waals surface area contributed by atoms with Crippen LogP contribution in [-0.2, 0) is 6.67 Å². The van der Waals surface area contributed by atoms with E-state index >= 15 is 0 Å². The smallest absolute Gasteiger partial charge is 0.116 e. The monoisotopic (exact) mass is 222 g/mol. The third-order valence-corrected chi connectivity index (χ3v) is 2.13. The van der Waals surface area contributed by atoms with E-state index in [2.05, 4.69) is 15.9 Å². The van der Waals surface area contributed by atoms with Crippen LogP contribution in [-0.4, -0.2) is 0 Å². The number of benzene rings is 1. The molecule has 0 aliphatic carbocycles. The molecule has 0 nitrogen and oxygen atoms in total. The summed E-state index contributed by atoms with van der Waals surface area (Å²) in [5.74, 6) is 0. The Kier molecular flexibility index (Phi) is 2.69. The molecular formula is C7H5BrClF. The van der Waals surface area contributed by atoms with Crippen molar-refractivity contribution in [3.8, 4) is 0 Å². The van der Waals surface area contributed by atoms with Crippen molar-refractivity contribution < 1.29 is 4.39 Å². The minimum Gasteiger partial charge on any atom is -0.246 e. The molecule has 0 fully saturated rings. The third-order valence-electron chi connectivity index (χ3n) is 1.16. The van der Waals surface area contributed by atoms with Crippen molar-refractivity contribution in [1.29, 1.82) is 0 Å². The van der Waals surface area contributed by atoms with Gasteiger partial charge in [-0.2, -0.15) is 0 Å². The largest absolute Gasteiger partial charge is 0.246 e. The lowest BCUT2D eigenvalue weighted by molar-refractivity contribution is 0.484. The number of hydrogen-bond donors (Lipinski definition) is 0. The fraction of sp³-hybridized carbons (Fsp3) is 0.143. The first kappa shape index (κ1) is 8.02. The van der Waals surface area contributed by atoms with Crippen molar-refractivity contribution in [3.63, 3.8) is 0 Å². The van der Waals surface area contributed by atoms with Gasteiger partial charge in [0.05, 0.1) is 0 Å². The highest BCUT2D eigenvalue weighted by atomic mass is 79.9. The van der Waals surface area contributed by atoms with Gasteiger partial charge in [-0.05, 0) is 17.7 Å². The van der Waals surface area contributed by atoms with Crippen LogP contribution < -0.4 is 0 Å². The highest BCUT2D eigenvalue weighted by molar-refractivity contribution is 9.10. The van der Waals surface area contributed by atoms with E-state index in [1.54, 1.807) is 18.2 Å². The summed E-state index contributed by atoms with van der Waals surface area (Å²) in [6.07, 6.45) is 0. The van der Waals surface area contributed by atoms with Crippen LogP contribution in [0.25, 0.3) is 0 Å². The van der Waals surface area contributed by atoms with Crippen molar-refractivity contribution in [2.75, 3.05) is 0 Å². The zero-order chi connectivity index (χ0) is 7.56. The standard InChI is InChI=1S/C7H5BrClF/c8-7-3-6(9)2-1-5(7)4-10/h1-3H,4H2. The Labute approximate surface area is 72.1 Å². The van der Waals surface area contributed by atoms with Crippen molar-refractivity contribution in [2.24, 2.45) is 0 Å². The molecule has 0 spiro atoms. The molecule has 0 N–H and O–H groups in total. The third kappa shape index (κ3) is 1.70. The van der Waals surface area contributed by atoms with Gasteiger partial charge in [-0.15, -0.1) is 0 Å². The van der Waals surface area contributed by atoms with Gasteiger partial charge >= 0.3 is 0 Å². The molecule has 1 rings (SSSR count). The summed E-state index contributed by atoms with van der Waals surface area (Å²) in [6, 6.07) is 5.00.